The standard InChI is InChI=1S/C10H22N/c1-5-6-7-10(4)11-8-9(2)3/h9,11H,5-8H2,1-4H3. The topological polar surface area (TPSA) is 12.0 Å². The fraction of sp³-hybridized carbons (Fsp3) is 0.900. The van der Waals surface area contributed by atoms with Crippen molar-refractivity contribution in [3.63, 3.8) is 0 Å². The summed E-state index contributed by atoms with van der Waals surface area (Å²) in [5, 5.41) is 3.43. The summed E-state index contributed by atoms with van der Waals surface area (Å²) in [4.78, 5) is 0. The maximum absolute atomic E-state index is 3.43. The second-order valence-electron chi connectivity index (χ2n) is 3.66. The predicted octanol–water partition coefficient (Wildman–Crippen LogP) is 2.97. The minimum atomic E-state index is 0.756. The highest BCUT2D eigenvalue weighted by atomic mass is 14.9. The lowest BCUT2D eigenvalue weighted by Crippen LogP contribution is -2.23. The van der Waals surface area contributed by atoms with E-state index in [0.717, 1.165) is 12.5 Å². The van der Waals surface area contributed by atoms with Gasteiger partial charge < -0.3 is 5.32 Å². The summed E-state index contributed by atoms with van der Waals surface area (Å²) in [5.74, 6) is 0.756. The quantitative estimate of drug-likeness (QED) is 0.623. The van der Waals surface area contributed by atoms with Crippen molar-refractivity contribution in [1.82, 2.24) is 5.32 Å². The molecule has 0 unspecified atom stereocenters. The molecule has 1 heteroatoms. The zero-order valence-corrected chi connectivity index (χ0v) is 8.41. The van der Waals surface area contributed by atoms with Crippen LogP contribution in [0.5, 0.6) is 0 Å². The van der Waals surface area contributed by atoms with Crippen LogP contribution in [0.15, 0.2) is 0 Å². The van der Waals surface area contributed by atoms with Crippen LogP contribution in [-0.2, 0) is 0 Å². The number of rotatable bonds is 6. The molecule has 0 bridgehead atoms. The van der Waals surface area contributed by atoms with E-state index in [2.05, 4.69) is 33.0 Å². The van der Waals surface area contributed by atoms with E-state index in [4.69, 9.17) is 0 Å². The molecular weight excluding hydrogens is 134 g/mol. The summed E-state index contributed by atoms with van der Waals surface area (Å²) in [6.07, 6.45) is 3.85. The molecule has 0 spiro atoms. The Morgan fingerprint density at radius 1 is 1.36 bits per heavy atom. The summed E-state index contributed by atoms with van der Waals surface area (Å²) in [6, 6.07) is 1.44. The van der Waals surface area contributed by atoms with Gasteiger partial charge in [-0.2, -0.15) is 0 Å². The highest BCUT2D eigenvalue weighted by Crippen LogP contribution is 2.06. The number of unbranched alkanes of at least 4 members (excludes halogenated alkanes) is 1. The Morgan fingerprint density at radius 2 is 2.00 bits per heavy atom. The Kier molecular flexibility index (Phi) is 6.63. The molecule has 1 N–H and O–H groups in total. The van der Waals surface area contributed by atoms with Crippen molar-refractivity contribution in [2.24, 2.45) is 5.92 Å². The van der Waals surface area contributed by atoms with Crippen molar-refractivity contribution in [1.29, 1.82) is 0 Å². The molecule has 0 rings (SSSR count). The SMILES string of the molecule is CCCC[C](C)NCC(C)C. The summed E-state index contributed by atoms with van der Waals surface area (Å²) in [5.41, 5.74) is 0. The summed E-state index contributed by atoms with van der Waals surface area (Å²) >= 11 is 0. The van der Waals surface area contributed by atoms with Gasteiger partial charge in [0.25, 0.3) is 0 Å². The predicted molar refractivity (Wildman–Crippen MR) is 51.3 cm³/mol. The van der Waals surface area contributed by atoms with Crippen LogP contribution in [0.1, 0.15) is 47.0 Å². The molecular formula is C10H22N. The van der Waals surface area contributed by atoms with E-state index in [1.165, 1.54) is 25.3 Å². The molecule has 11 heavy (non-hydrogen) atoms. The van der Waals surface area contributed by atoms with E-state index in [1.807, 2.05) is 0 Å². The van der Waals surface area contributed by atoms with Gasteiger partial charge in [-0.1, -0.05) is 33.6 Å². The zero-order valence-electron chi connectivity index (χ0n) is 8.41. The van der Waals surface area contributed by atoms with E-state index in [0.29, 0.717) is 0 Å². The Balaban J connectivity index is 3.15. The van der Waals surface area contributed by atoms with E-state index < -0.39 is 0 Å². The van der Waals surface area contributed by atoms with Crippen LogP contribution in [0.2, 0.25) is 0 Å². The Bertz CT molecular complexity index is 78.9. The van der Waals surface area contributed by atoms with Gasteiger partial charge in [-0.25, -0.2) is 0 Å². The smallest absolute Gasteiger partial charge is 0.0332 e. The van der Waals surface area contributed by atoms with Crippen LogP contribution in [-0.4, -0.2) is 6.54 Å². The third-order valence-corrected chi connectivity index (χ3v) is 1.72. The van der Waals surface area contributed by atoms with E-state index in [1.54, 1.807) is 0 Å². The van der Waals surface area contributed by atoms with E-state index in [-0.39, 0.29) is 0 Å². The monoisotopic (exact) mass is 156 g/mol. The first-order chi connectivity index (χ1) is 5.16. The summed E-state index contributed by atoms with van der Waals surface area (Å²) < 4.78 is 0. The van der Waals surface area contributed by atoms with Gasteiger partial charge in [-0.15, -0.1) is 0 Å². The second kappa shape index (κ2) is 6.66. The van der Waals surface area contributed by atoms with Gasteiger partial charge in [0, 0.05) is 6.04 Å². The summed E-state index contributed by atoms with van der Waals surface area (Å²) in [6.45, 7) is 10.0. The maximum atomic E-state index is 3.43. The minimum absolute atomic E-state index is 0.756. The first-order valence-corrected chi connectivity index (χ1v) is 4.73. The lowest BCUT2D eigenvalue weighted by molar-refractivity contribution is 0.532. The molecule has 0 fully saturated rings. The van der Waals surface area contributed by atoms with Crippen molar-refractivity contribution in [2.45, 2.75) is 47.0 Å². The molecule has 0 saturated carbocycles. The second-order valence-corrected chi connectivity index (χ2v) is 3.66. The van der Waals surface area contributed by atoms with Gasteiger partial charge in [0.05, 0.1) is 0 Å². The molecule has 0 aromatic heterocycles. The molecule has 0 aromatic carbocycles. The average Bonchev–Trinajstić information content (AvgIpc) is 1.97. The van der Waals surface area contributed by atoms with Crippen LogP contribution >= 0.6 is 0 Å². The normalized spacial score (nSPS) is 11.5. The van der Waals surface area contributed by atoms with Gasteiger partial charge in [0.2, 0.25) is 0 Å². The maximum Gasteiger partial charge on any atom is 0.0332 e. The highest BCUT2D eigenvalue weighted by molar-refractivity contribution is 4.80. The molecule has 0 aliphatic carbocycles. The van der Waals surface area contributed by atoms with E-state index >= 15 is 0 Å². The molecule has 0 aliphatic rings. The molecule has 0 heterocycles. The Morgan fingerprint density at radius 3 is 2.45 bits per heavy atom. The largest absolute Gasteiger partial charge is 0.309 e. The first kappa shape index (κ1) is 11.0. The molecule has 0 amide bonds. The molecule has 0 saturated heterocycles. The third kappa shape index (κ3) is 7.86. The van der Waals surface area contributed by atoms with E-state index in [9.17, 15) is 0 Å². The Hall–Kier alpha value is -0.0400. The number of hydrogen-bond donors (Lipinski definition) is 1. The molecule has 0 aromatic rings. The number of nitrogens with one attached hydrogen (secondary N) is 1. The zero-order chi connectivity index (χ0) is 8.69. The number of hydrogen-bond acceptors (Lipinski definition) is 1. The average molecular weight is 156 g/mol. The van der Waals surface area contributed by atoms with Crippen molar-refractivity contribution < 1.29 is 0 Å². The van der Waals surface area contributed by atoms with Crippen LogP contribution in [0.25, 0.3) is 0 Å². The van der Waals surface area contributed by atoms with Gasteiger partial charge in [0.1, 0.15) is 0 Å². The first-order valence-electron chi connectivity index (χ1n) is 4.73. The third-order valence-electron chi connectivity index (χ3n) is 1.72. The van der Waals surface area contributed by atoms with Crippen LogP contribution in [0.3, 0.4) is 0 Å². The van der Waals surface area contributed by atoms with Crippen molar-refractivity contribution in [3.8, 4) is 0 Å². The van der Waals surface area contributed by atoms with Crippen LogP contribution in [0, 0.1) is 12.0 Å². The lowest BCUT2D eigenvalue weighted by Gasteiger charge is -2.13. The Labute approximate surface area is 71.6 Å². The van der Waals surface area contributed by atoms with Crippen molar-refractivity contribution in [3.05, 3.63) is 6.04 Å². The van der Waals surface area contributed by atoms with Gasteiger partial charge in [-0.3, -0.25) is 0 Å². The van der Waals surface area contributed by atoms with Gasteiger partial charge in [0.15, 0.2) is 0 Å². The van der Waals surface area contributed by atoms with Gasteiger partial charge in [-0.05, 0) is 25.8 Å². The van der Waals surface area contributed by atoms with Crippen molar-refractivity contribution in [2.75, 3.05) is 6.54 Å². The van der Waals surface area contributed by atoms with Crippen LogP contribution in [0.4, 0.5) is 0 Å². The lowest BCUT2D eigenvalue weighted by atomic mass is 10.1. The minimum Gasteiger partial charge on any atom is -0.309 e. The fourth-order valence-corrected chi connectivity index (χ4v) is 0.909. The fourth-order valence-electron chi connectivity index (χ4n) is 0.909. The van der Waals surface area contributed by atoms with Gasteiger partial charge >= 0.3 is 0 Å². The molecule has 67 valence electrons. The van der Waals surface area contributed by atoms with Crippen LogP contribution < -0.4 is 5.32 Å². The van der Waals surface area contributed by atoms with Crippen molar-refractivity contribution >= 4 is 0 Å². The molecule has 0 atom stereocenters. The summed E-state index contributed by atoms with van der Waals surface area (Å²) in [7, 11) is 0. The molecule has 1 radical (unpaired) electrons. The molecule has 0 aliphatic heterocycles. The molecule has 1 nitrogen and oxygen atoms in total. The highest BCUT2D eigenvalue weighted by Gasteiger charge is 2.01.